The van der Waals surface area contributed by atoms with Crippen molar-refractivity contribution >= 4 is 5.91 Å². The van der Waals surface area contributed by atoms with Crippen LogP contribution in [0.5, 0.6) is 0 Å². The molecule has 4 heterocycles. The van der Waals surface area contributed by atoms with Crippen LogP contribution in [0.15, 0.2) is 37.1 Å². The first-order valence-electron chi connectivity index (χ1n) is 9.94. The molecule has 142 valence electrons. The highest BCUT2D eigenvalue weighted by atomic mass is 16.2. The Bertz CT molecular complexity index is 756. The number of pyridine rings is 1. The predicted octanol–water partition coefficient (Wildman–Crippen LogP) is 2.93. The largest absolute Gasteiger partial charge is 0.333 e. The minimum Gasteiger partial charge on any atom is -0.333 e. The molecule has 0 spiro atoms. The van der Waals surface area contributed by atoms with Gasteiger partial charge in [-0.1, -0.05) is 13.0 Å². The molecule has 6 nitrogen and oxygen atoms in total. The van der Waals surface area contributed by atoms with Crippen LogP contribution in [0.2, 0.25) is 0 Å². The van der Waals surface area contributed by atoms with Crippen molar-refractivity contribution in [2.75, 3.05) is 26.2 Å². The number of aromatic nitrogens is 3. The van der Waals surface area contributed by atoms with Crippen molar-refractivity contribution in [2.45, 2.75) is 38.6 Å². The average molecular weight is 365 g/mol. The van der Waals surface area contributed by atoms with Gasteiger partial charge in [0.25, 0.3) is 0 Å². The summed E-state index contributed by atoms with van der Waals surface area (Å²) in [5.41, 5.74) is 2.93. The standard InChI is InChI=1S/C21H27N5O/c1-16-6-9-25(10-7-16)14-21(27)26-8-2-3-20(26)19-5-4-17(13-24-19)18-11-22-15-23-12-18/h4-5,11-13,15-16,20H,2-3,6-10,14H2,1H3/t20-/m1/s1. The normalized spacial score (nSPS) is 21.5. The number of likely N-dealkylation sites (tertiary alicyclic amines) is 2. The van der Waals surface area contributed by atoms with Crippen LogP contribution in [0.25, 0.3) is 11.1 Å². The summed E-state index contributed by atoms with van der Waals surface area (Å²) < 4.78 is 0. The molecule has 0 N–H and O–H groups in total. The van der Waals surface area contributed by atoms with Crippen LogP contribution in [-0.4, -0.2) is 56.8 Å². The maximum atomic E-state index is 12.9. The van der Waals surface area contributed by atoms with Crippen LogP contribution >= 0.6 is 0 Å². The van der Waals surface area contributed by atoms with Gasteiger partial charge in [0.05, 0.1) is 18.3 Å². The molecular formula is C21H27N5O. The van der Waals surface area contributed by atoms with Gasteiger partial charge in [-0.25, -0.2) is 9.97 Å². The zero-order chi connectivity index (χ0) is 18.6. The van der Waals surface area contributed by atoms with Gasteiger partial charge in [-0.15, -0.1) is 0 Å². The van der Waals surface area contributed by atoms with Crippen LogP contribution in [0.3, 0.4) is 0 Å². The molecule has 0 aromatic carbocycles. The lowest BCUT2D eigenvalue weighted by atomic mass is 9.99. The smallest absolute Gasteiger partial charge is 0.237 e. The summed E-state index contributed by atoms with van der Waals surface area (Å²) >= 11 is 0. The lowest BCUT2D eigenvalue weighted by molar-refractivity contribution is -0.133. The minimum absolute atomic E-state index is 0.0993. The maximum Gasteiger partial charge on any atom is 0.237 e. The van der Waals surface area contributed by atoms with Crippen molar-refractivity contribution in [1.82, 2.24) is 24.8 Å². The van der Waals surface area contributed by atoms with Gasteiger partial charge in [0.2, 0.25) is 5.91 Å². The fraction of sp³-hybridized carbons (Fsp3) is 0.524. The van der Waals surface area contributed by atoms with Crippen molar-refractivity contribution in [2.24, 2.45) is 5.92 Å². The Morgan fingerprint density at radius 1 is 1.04 bits per heavy atom. The van der Waals surface area contributed by atoms with E-state index in [2.05, 4.69) is 26.8 Å². The zero-order valence-electron chi connectivity index (χ0n) is 15.9. The molecule has 1 amide bonds. The predicted molar refractivity (Wildman–Crippen MR) is 104 cm³/mol. The van der Waals surface area contributed by atoms with E-state index >= 15 is 0 Å². The van der Waals surface area contributed by atoms with Gasteiger partial charge in [0.15, 0.2) is 0 Å². The molecule has 0 aliphatic carbocycles. The lowest BCUT2D eigenvalue weighted by Crippen LogP contribution is -2.43. The lowest BCUT2D eigenvalue weighted by Gasteiger charge is -2.32. The second-order valence-electron chi connectivity index (χ2n) is 7.80. The summed E-state index contributed by atoms with van der Waals surface area (Å²) in [5, 5.41) is 0. The summed E-state index contributed by atoms with van der Waals surface area (Å²) in [6.45, 7) is 5.76. The molecule has 0 radical (unpaired) electrons. The summed E-state index contributed by atoms with van der Waals surface area (Å²) in [4.78, 5) is 30.0. The van der Waals surface area contributed by atoms with Crippen LogP contribution in [0.4, 0.5) is 0 Å². The van der Waals surface area contributed by atoms with Gasteiger partial charge in [-0.05, 0) is 50.8 Å². The Morgan fingerprint density at radius 3 is 2.52 bits per heavy atom. The van der Waals surface area contributed by atoms with Gasteiger partial charge in [0.1, 0.15) is 6.33 Å². The molecule has 2 aliphatic heterocycles. The molecule has 1 atom stereocenters. The fourth-order valence-corrected chi connectivity index (χ4v) is 4.10. The number of nitrogens with zero attached hydrogens (tertiary/aromatic N) is 5. The number of amides is 1. The van der Waals surface area contributed by atoms with E-state index in [9.17, 15) is 4.79 Å². The number of hydrogen-bond acceptors (Lipinski definition) is 5. The zero-order valence-corrected chi connectivity index (χ0v) is 15.9. The highest BCUT2D eigenvalue weighted by Gasteiger charge is 2.32. The molecule has 0 unspecified atom stereocenters. The Balaban J connectivity index is 1.42. The van der Waals surface area contributed by atoms with Crippen LogP contribution in [0.1, 0.15) is 44.3 Å². The number of rotatable bonds is 4. The molecule has 2 saturated heterocycles. The summed E-state index contributed by atoms with van der Waals surface area (Å²) in [7, 11) is 0. The van der Waals surface area contributed by atoms with E-state index in [-0.39, 0.29) is 11.9 Å². The first-order chi connectivity index (χ1) is 13.2. The third-order valence-electron chi connectivity index (χ3n) is 5.83. The maximum absolute atomic E-state index is 12.9. The Morgan fingerprint density at radius 2 is 1.81 bits per heavy atom. The number of piperidine rings is 1. The van der Waals surface area contributed by atoms with Crippen molar-refractivity contribution in [1.29, 1.82) is 0 Å². The van der Waals surface area contributed by atoms with Crippen molar-refractivity contribution in [3.05, 3.63) is 42.7 Å². The molecule has 2 aliphatic rings. The Hall–Kier alpha value is -2.34. The van der Waals surface area contributed by atoms with Crippen LogP contribution < -0.4 is 0 Å². The van der Waals surface area contributed by atoms with Gasteiger partial charge >= 0.3 is 0 Å². The molecule has 0 bridgehead atoms. The Labute approximate surface area is 160 Å². The molecule has 2 fully saturated rings. The van der Waals surface area contributed by atoms with E-state index in [0.29, 0.717) is 6.54 Å². The first-order valence-corrected chi connectivity index (χ1v) is 9.94. The molecule has 27 heavy (non-hydrogen) atoms. The molecule has 4 rings (SSSR count). The molecule has 6 heteroatoms. The minimum atomic E-state index is 0.0993. The molecule has 2 aromatic heterocycles. The third-order valence-corrected chi connectivity index (χ3v) is 5.83. The van der Waals surface area contributed by atoms with Crippen molar-refractivity contribution in [3.8, 4) is 11.1 Å². The van der Waals surface area contributed by atoms with Crippen LogP contribution in [-0.2, 0) is 4.79 Å². The molecule has 2 aromatic rings. The van der Waals surface area contributed by atoms with Gasteiger partial charge in [-0.3, -0.25) is 14.7 Å². The van der Waals surface area contributed by atoms with Crippen molar-refractivity contribution in [3.63, 3.8) is 0 Å². The molecule has 0 saturated carbocycles. The molecular weight excluding hydrogens is 338 g/mol. The highest BCUT2D eigenvalue weighted by Crippen LogP contribution is 2.32. The van der Waals surface area contributed by atoms with E-state index in [1.54, 1.807) is 12.4 Å². The SMILES string of the molecule is CC1CCN(CC(=O)N2CCC[C@@H]2c2ccc(-c3cncnc3)cn2)CC1. The monoisotopic (exact) mass is 365 g/mol. The second-order valence-corrected chi connectivity index (χ2v) is 7.80. The summed E-state index contributed by atoms with van der Waals surface area (Å²) in [6, 6.07) is 4.19. The number of carbonyl (C=O) groups excluding carboxylic acids is 1. The fourth-order valence-electron chi connectivity index (χ4n) is 4.10. The van der Waals surface area contributed by atoms with Gasteiger partial charge in [0, 0.05) is 36.3 Å². The quantitative estimate of drug-likeness (QED) is 0.834. The number of carbonyl (C=O) groups is 1. The highest BCUT2D eigenvalue weighted by molar-refractivity contribution is 5.79. The van der Waals surface area contributed by atoms with E-state index < -0.39 is 0 Å². The van der Waals surface area contributed by atoms with Gasteiger partial charge < -0.3 is 4.90 Å². The first kappa shape index (κ1) is 18.0. The third kappa shape index (κ3) is 4.16. The topological polar surface area (TPSA) is 62.2 Å². The van der Waals surface area contributed by atoms with Crippen LogP contribution in [0, 0.1) is 5.92 Å². The van der Waals surface area contributed by atoms with E-state index in [1.165, 1.54) is 19.2 Å². The van der Waals surface area contributed by atoms with Crippen molar-refractivity contribution < 1.29 is 4.79 Å². The van der Waals surface area contributed by atoms with E-state index in [1.807, 2.05) is 23.2 Å². The van der Waals surface area contributed by atoms with Gasteiger partial charge in [-0.2, -0.15) is 0 Å². The van der Waals surface area contributed by atoms with E-state index in [0.717, 1.165) is 55.2 Å². The van der Waals surface area contributed by atoms with E-state index in [4.69, 9.17) is 0 Å². The summed E-state index contributed by atoms with van der Waals surface area (Å²) in [5.74, 6) is 1.03. The summed E-state index contributed by atoms with van der Waals surface area (Å²) in [6.07, 6.45) is 11.4. The average Bonchev–Trinajstić information content (AvgIpc) is 3.21. The Kier molecular flexibility index (Phi) is 5.43. The number of hydrogen-bond donors (Lipinski definition) is 0. The second kappa shape index (κ2) is 8.13.